The van der Waals surface area contributed by atoms with Crippen molar-refractivity contribution in [1.82, 2.24) is 0 Å². The maximum absolute atomic E-state index is 5.59. The summed E-state index contributed by atoms with van der Waals surface area (Å²) in [4.78, 5) is 3.98. The van der Waals surface area contributed by atoms with Crippen LogP contribution in [0.1, 0.15) is 40.0 Å². The van der Waals surface area contributed by atoms with E-state index < -0.39 is 0 Å². The first-order valence-electron chi connectivity index (χ1n) is 4.72. The van der Waals surface area contributed by atoms with E-state index in [2.05, 4.69) is 18.0 Å². The SMILES string of the molecule is C/C=C(\C=C/N=C(C)Cl)CCCC. The summed E-state index contributed by atoms with van der Waals surface area (Å²) >= 11 is 5.59. The number of rotatable bonds is 5. The van der Waals surface area contributed by atoms with E-state index in [4.69, 9.17) is 11.6 Å². The Labute approximate surface area is 86.2 Å². The molecule has 0 aromatic carbocycles. The summed E-state index contributed by atoms with van der Waals surface area (Å²) in [6.07, 6.45) is 9.47. The average molecular weight is 200 g/mol. The van der Waals surface area contributed by atoms with Crippen molar-refractivity contribution in [2.45, 2.75) is 40.0 Å². The molecule has 0 unspecified atom stereocenters. The van der Waals surface area contributed by atoms with Gasteiger partial charge in [-0.1, -0.05) is 36.6 Å². The maximum atomic E-state index is 5.59. The average Bonchev–Trinajstić information content (AvgIpc) is 2.10. The number of unbranched alkanes of at least 4 members (excludes halogenated alkanes) is 1. The summed E-state index contributed by atoms with van der Waals surface area (Å²) in [5.41, 5.74) is 1.32. The Bertz CT molecular complexity index is 210. The fourth-order valence-electron chi connectivity index (χ4n) is 0.941. The van der Waals surface area contributed by atoms with E-state index in [1.807, 2.05) is 13.0 Å². The van der Waals surface area contributed by atoms with E-state index in [-0.39, 0.29) is 0 Å². The van der Waals surface area contributed by atoms with Crippen LogP contribution in [0.3, 0.4) is 0 Å². The van der Waals surface area contributed by atoms with Crippen molar-refractivity contribution in [2.75, 3.05) is 0 Å². The summed E-state index contributed by atoms with van der Waals surface area (Å²) in [5.74, 6) is 0. The highest BCUT2D eigenvalue weighted by molar-refractivity contribution is 6.64. The second-order valence-corrected chi connectivity index (χ2v) is 3.46. The largest absolute Gasteiger partial charge is 0.249 e. The first-order chi connectivity index (χ1) is 6.20. The normalized spacial score (nSPS) is 14.2. The lowest BCUT2D eigenvalue weighted by Crippen LogP contribution is -1.78. The molecule has 13 heavy (non-hydrogen) atoms. The van der Waals surface area contributed by atoms with Crippen LogP contribution in [0.5, 0.6) is 0 Å². The van der Waals surface area contributed by atoms with Gasteiger partial charge in [-0.25, -0.2) is 4.99 Å². The zero-order valence-electron chi connectivity index (χ0n) is 8.68. The highest BCUT2D eigenvalue weighted by Gasteiger charge is 1.89. The molecule has 0 aliphatic heterocycles. The lowest BCUT2D eigenvalue weighted by molar-refractivity contribution is 0.797. The van der Waals surface area contributed by atoms with Gasteiger partial charge in [0, 0.05) is 6.20 Å². The molecule has 2 heteroatoms. The number of nitrogens with zero attached hydrogens (tertiary/aromatic N) is 1. The molecule has 0 rings (SSSR count). The van der Waals surface area contributed by atoms with E-state index in [9.17, 15) is 0 Å². The van der Waals surface area contributed by atoms with Crippen LogP contribution < -0.4 is 0 Å². The fourth-order valence-corrected chi connectivity index (χ4v) is 0.997. The van der Waals surface area contributed by atoms with Gasteiger partial charge in [-0.2, -0.15) is 0 Å². The van der Waals surface area contributed by atoms with Crippen LogP contribution in [-0.2, 0) is 0 Å². The van der Waals surface area contributed by atoms with Crippen LogP contribution in [0, 0.1) is 0 Å². The summed E-state index contributed by atoms with van der Waals surface area (Å²) in [6, 6.07) is 0. The van der Waals surface area contributed by atoms with Gasteiger partial charge in [-0.15, -0.1) is 0 Å². The first kappa shape index (κ1) is 12.4. The summed E-state index contributed by atoms with van der Waals surface area (Å²) in [5, 5.41) is 0.571. The van der Waals surface area contributed by atoms with E-state index in [0.29, 0.717) is 5.17 Å². The molecule has 0 heterocycles. The second kappa shape index (κ2) is 8.06. The number of allylic oxidation sites excluding steroid dienone is 3. The van der Waals surface area contributed by atoms with Crippen molar-refractivity contribution in [3.63, 3.8) is 0 Å². The quantitative estimate of drug-likeness (QED) is 0.463. The van der Waals surface area contributed by atoms with E-state index in [0.717, 1.165) is 6.42 Å². The van der Waals surface area contributed by atoms with Gasteiger partial charge in [0.1, 0.15) is 5.17 Å². The monoisotopic (exact) mass is 199 g/mol. The van der Waals surface area contributed by atoms with E-state index in [1.165, 1.54) is 18.4 Å². The molecule has 0 aromatic rings. The van der Waals surface area contributed by atoms with Crippen LogP contribution in [0.4, 0.5) is 0 Å². The highest BCUT2D eigenvalue weighted by Crippen LogP contribution is 2.08. The Morgan fingerprint density at radius 3 is 2.62 bits per heavy atom. The maximum Gasteiger partial charge on any atom is 0.103 e. The molecule has 74 valence electrons. The molecular formula is C11H18ClN. The van der Waals surface area contributed by atoms with Gasteiger partial charge in [-0.05, 0) is 32.8 Å². The Hall–Kier alpha value is -0.560. The van der Waals surface area contributed by atoms with E-state index >= 15 is 0 Å². The number of hydrogen-bond donors (Lipinski definition) is 0. The van der Waals surface area contributed by atoms with Gasteiger partial charge in [0.05, 0.1) is 0 Å². The Morgan fingerprint density at radius 2 is 2.15 bits per heavy atom. The van der Waals surface area contributed by atoms with Crippen LogP contribution >= 0.6 is 11.6 Å². The Balaban J connectivity index is 3.99. The minimum absolute atomic E-state index is 0.571. The van der Waals surface area contributed by atoms with Crippen molar-refractivity contribution in [1.29, 1.82) is 0 Å². The van der Waals surface area contributed by atoms with E-state index in [1.54, 1.807) is 13.1 Å². The molecule has 0 radical (unpaired) electrons. The molecule has 0 aliphatic carbocycles. The molecule has 0 atom stereocenters. The number of aliphatic imine (C=N–C) groups is 1. The molecule has 0 spiro atoms. The molecule has 0 aromatic heterocycles. The zero-order valence-corrected chi connectivity index (χ0v) is 9.43. The van der Waals surface area contributed by atoms with Crippen LogP contribution in [0.2, 0.25) is 0 Å². The van der Waals surface area contributed by atoms with Crippen molar-refractivity contribution >= 4 is 16.8 Å². The molecule has 0 saturated carbocycles. The Morgan fingerprint density at radius 1 is 1.46 bits per heavy atom. The van der Waals surface area contributed by atoms with Crippen molar-refractivity contribution in [3.8, 4) is 0 Å². The highest BCUT2D eigenvalue weighted by atomic mass is 35.5. The van der Waals surface area contributed by atoms with Gasteiger partial charge in [0.2, 0.25) is 0 Å². The summed E-state index contributed by atoms with van der Waals surface area (Å²) in [6.45, 7) is 6.01. The Kier molecular flexibility index (Phi) is 7.71. The number of halogens is 1. The van der Waals surface area contributed by atoms with Gasteiger partial charge < -0.3 is 0 Å². The molecule has 0 saturated heterocycles. The third kappa shape index (κ3) is 7.79. The lowest BCUT2D eigenvalue weighted by Gasteiger charge is -1.97. The molecular weight excluding hydrogens is 182 g/mol. The smallest absolute Gasteiger partial charge is 0.103 e. The third-order valence-electron chi connectivity index (χ3n) is 1.73. The van der Waals surface area contributed by atoms with Gasteiger partial charge in [0.25, 0.3) is 0 Å². The molecule has 1 nitrogen and oxygen atoms in total. The zero-order chi connectivity index (χ0) is 10.1. The van der Waals surface area contributed by atoms with Crippen molar-refractivity contribution in [3.05, 3.63) is 23.9 Å². The minimum Gasteiger partial charge on any atom is -0.249 e. The molecule has 0 amide bonds. The molecule has 0 aliphatic rings. The molecule has 0 fully saturated rings. The van der Waals surface area contributed by atoms with Gasteiger partial charge in [0.15, 0.2) is 0 Å². The lowest BCUT2D eigenvalue weighted by atomic mass is 10.1. The van der Waals surface area contributed by atoms with Crippen LogP contribution in [0.25, 0.3) is 0 Å². The van der Waals surface area contributed by atoms with Crippen LogP contribution in [0.15, 0.2) is 28.9 Å². The topological polar surface area (TPSA) is 12.4 Å². The van der Waals surface area contributed by atoms with Crippen molar-refractivity contribution < 1.29 is 0 Å². The minimum atomic E-state index is 0.571. The number of hydrogen-bond acceptors (Lipinski definition) is 1. The van der Waals surface area contributed by atoms with Gasteiger partial charge in [-0.3, -0.25) is 0 Å². The van der Waals surface area contributed by atoms with Gasteiger partial charge >= 0.3 is 0 Å². The fraction of sp³-hybridized carbons (Fsp3) is 0.545. The third-order valence-corrected chi connectivity index (χ3v) is 1.83. The predicted octanol–water partition coefficient (Wildman–Crippen LogP) is 4.29. The summed E-state index contributed by atoms with van der Waals surface area (Å²) < 4.78 is 0. The molecule has 0 bridgehead atoms. The first-order valence-corrected chi connectivity index (χ1v) is 5.10. The molecule has 0 N–H and O–H groups in total. The van der Waals surface area contributed by atoms with Crippen molar-refractivity contribution in [2.24, 2.45) is 4.99 Å². The standard InChI is InChI=1S/C11H18ClN/c1-4-6-7-11(5-2)8-9-13-10(3)12/h5,8-9H,4,6-7H2,1-3H3/b9-8-,11-5-,13-10?. The van der Waals surface area contributed by atoms with Crippen LogP contribution in [-0.4, -0.2) is 5.17 Å². The second-order valence-electron chi connectivity index (χ2n) is 2.91. The predicted molar refractivity (Wildman–Crippen MR) is 61.4 cm³/mol. The summed E-state index contributed by atoms with van der Waals surface area (Å²) in [7, 11) is 0.